The van der Waals surface area contributed by atoms with Crippen LogP contribution in [0.3, 0.4) is 0 Å². The van der Waals surface area contributed by atoms with Crippen molar-refractivity contribution in [1.29, 1.82) is 0 Å². The van der Waals surface area contributed by atoms with Crippen LogP contribution in [0.5, 0.6) is 5.75 Å². The summed E-state index contributed by atoms with van der Waals surface area (Å²) in [4.78, 5) is 26.5. The van der Waals surface area contributed by atoms with Crippen molar-refractivity contribution >= 4 is 39.1 Å². The third-order valence-electron chi connectivity index (χ3n) is 4.23. The van der Waals surface area contributed by atoms with Crippen molar-refractivity contribution in [1.82, 2.24) is 0 Å². The van der Waals surface area contributed by atoms with E-state index < -0.39 is 0 Å². The maximum atomic E-state index is 12.5. The molecule has 6 heteroatoms. The molecule has 2 aromatic carbocycles. The number of nitrogens with zero attached hydrogens (tertiary/aromatic N) is 1. The van der Waals surface area contributed by atoms with E-state index in [1.165, 1.54) is 0 Å². The quantitative estimate of drug-likeness (QED) is 0.766. The van der Waals surface area contributed by atoms with E-state index in [2.05, 4.69) is 28.2 Å². The highest BCUT2D eigenvalue weighted by Crippen LogP contribution is 2.28. The van der Waals surface area contributed by atoms with Crippen molar-refractivity contribution in [3.8, 4) is 5.75 Å². The topological polar surface area (TPSA) is 58.6 Å². The zero-order valence-electron chi connectivity index (χ0n) is 14.6. The molecule has 1 aliphatic heterocycles. The molecule has 1 saturated heterocycles. The minimum atomic E-state index is -0.359. The molecule has 0 aliphatic carbocycles. The first-order valence-electron chi connectivity index (χ1n) is 8.66. The van der Waals surface area contributed by atoms with Gasteiger partial charge in [0.25, 0.3) is 0 Å². The van der Waals surface area contributed by atoms with Gasteiger partial charge in [0.1, 0.15) is 5.75 Å². The van der Waals surface area contributed by atoms with Gasteiger partial charge in [-0.3, -0.25) is 9.59 Å². The van der Waals surface area contributed by atoms with Gasteiger partial charge < -0.3 is 15.0 Å². The zero-order valence-corrected chi connectivity index (χ0v) is 16.2. The molecule has 0 radical (unpaired) electrons. The van der Waals surface area contributed by atoms with Gasteiger partial charge in [0.05, 0.1) is 12.5 Å². The molecule has 26 heavy (non-hydrogen) atoms. The number of nitrogens with one attached hydrogen (secondary N) is 1. The molecule has 0 aromatic heterocycles. The highest BCUT2D eigenvalue weighted by atomic mass is 79.9. The number of carbonyl (C=O) groups is 2. The van der Waals surface area contributed by atoms with Crippen LogP contribution in [0.1, 0.15) is 19.8 Å². The van der Waals surface area contributed by atoms with Crippen molar-refractivity contribution in [3.63, 3.8) is 0 Å². The van der Waals surface area contributed by atoms with Gasteiger partial charge in [-0.25, -0.2) is 0 Å². The fourth-order valence-electron chi connectivity index (χ4n) is 2.85. The third kappa shape index (κ3) is 4.43. The van der Waals surface area contributed by atoms with Crippen LogP contribution in [0, 0.1) is 5.92 Å². The lowest BCUT2D eigenvalue weighted by Crippen LogP contribution is -2.28. The predicted octanol–water partition coefficient (Wildman–Crippen LogP) is 4.23. The molecular weight excluding hydrogens is 396 g/mol. The van der Waals surface area contributed by atoms with Gasteiger partial charge in [-0.1, -0.05) is 22.9 Å². The van der Waals surface area contributed by atoms with E-state index in [0.717, 1.165) is 28.0 Å². The second-order valence-corrected chi connectivity index (χ2v) is 7.16. The largest absolute Gasteiger partial charge is 0.494 e. The van der Waals surface area contributed by atoms with Crippen LogP contribution >= 0.6 is 15.9 Å². The fourth-order valence-corrected chi connectivity index (χ4v) is 3.12. The molecule has 3 rings (SSSR count). The first-order chi connectivity index (χ1) is 12.6. The second kappa shape index (κ2) is 8.36. The molecule has 0 bridgehead atoms. The lowest BCUT2D eigenvalue weighted by atomic mass is 10.1. The van der Waals surface area contributed by atoms with E-state index in [1.807, 2.05) is 48.5 Å². The number of hydrogen-bond donors (Lipinski definition) is 1. The molecule has 1 aliphatic rings. The lowest BCUT2D eigenvalue weighted by molar-refractivity contribution is -0.122. The SMILES string of the molecule is CCCOc1ccc(N2CC(C(=O)Nc3ccc(Br)cc3)CC2=O)cc1. The van der Waals surface area contributed by atoms with Crippen LogP contribution in [-0.2, 0) is 9.59 Å². The smallest absolute Gasteiger partial charge is 0.229 e. The summed E-state index contributed by atoms with van der Waals surface area (Å²) < 4.78 is 6.51. The summed E-state index contributed by atoms with van der Waals surface area (Å²) in [6.07, 6.45) is 1.16. The van der Waals surface area contributed by atoms with Crippen LogP contribution in [0.2, 0.25) is 0 Å². The Balaban J connectivity index is 1.62. The van der Waals surface area contributed by atoms with E-state index in [4.69, 9.17) is 4.74 Å². The molecule has 2 aromatic rings. The minimum absolute atomic E-state index is 0.0387. The van der Waals surface area contributed by atoms with Gasteiger partial charge in [-0.05, 0) is 55.0 Å². The summed E-state index contributed by atoms with van der Waals surface area (Å²) in [5.41, 5.74) is 1.51. The number of benzene rings is 2. The first-order valence-corrected chi connectivity index (χ1v) is 9.46. The van der Waals surface area contributed by atoms with E-state index >= 15 is 0 Å². The third-order valence-corrected chi connectivity index (χ3v) is 4.76. The standard InChI is InChI=1S/C20H21BrN2O3/c1-2-11-26-18-9-7-17(8-10-18)23-13-14(12-19(23)24)20(25)22-16-5-3-15(21)4-6-16/h3-10,14H,2,11-13H2,1H3,(H,22,25). The average molecular weight is 417 g/mol. The Labute approximate surface area is 161 Å². The van der Waals surface area contributed by atoms with Gasteiger partial charge in [0.2, 0.25) is 11.8 Å². The molecular formula is C20H21BrN2O3. The van der Waals surface area contributed by atoms with Gasteiger partial charge >= 0.3 is 0 Å². The van der Waals surface area contributed by atoms with Gasteiger partial charge in [-0.2, -0.15) is 0 Å². The molecule has 1 fully saturated rings. The molecule has 1 heterocycles. The van der Waals surface area contributed by atoms with Crippen molar-refractivity contribution in [2.24, 2.45) is 5.92 Å². The number of halogens is 1. The zero-order chi connectivity index (χ0) is 18.5. The number of carbonyl (C=O) groups excluding carboxylic acids is 2. The van der Waals surface area contributed by atoms with Crippen LogP contribution in [0.15, 0.2) is 53.0 Å². The molecule has 5 nitrogen and oxygen atoms in total. The Morgan fingerprint density at radius 3 is 2.54 bits per heavy atom. The first kappa shape index (κ1) is 18.5. The molecule has 0 saturated carbocycles. The molecule has 0 spiro atoms. The Kier molecular flexibility index (Phi) is 5.93. The molecule has 1 N–H and O–H groups in total. The number of rotatable bonds is 6. The average Bonchev–Trinajstić information content (AvgIpc) is 3.04. The van der Waals surface area contributed by atoms with Crippen molar-refractivity contribution in [2.45, 2.75) is 19.8 Å². The van der Waals surface area contributed by atoms with Gasteiger partial charge in [0.15, 0.2) is 0 Å². The van der Waals surface area contributed by atoms with E-state index in [0.29, 0.717) is 13.2 Å². The number of hydrogen-bond acceptors (Lipinski definition) is 3. The number of ether oxygens (including phenoxy) is 1. The monoisotopic (exact) mass is 416 g/mol. The Morgan fingerprint density at radius 2 is 1.88 bits per heavy atom. The van der Waals surface area contributed by atoms with Crippen molar-refractivity contribution < 1.29 is 14.3 Å². The fraction of sp³-hybridized carbons (Fsp3) is 0.300. The predicted molar refractivity (Wildman–Crippen MR) is 105 cm³/mol. The van der Waals surface area contributed by atoms with E-state index in [9.17, 15) is 9.59 Å². The van der Waals surface area contributed by atoms with Crippen molar-refractivity contribution in [3.05, 3.63) is 53.0 Å². The highest BCUT2D eigenvalue weighted by Gasteiger charge is 2.35. The van der Waals surface area contributed by atoms with E-state index in [-0.39, 0.29) is 24.2 Å². The van der Waals surface area contributed by atoms with Crippen LogP contribution in [0.25, 0.3) is 0 Å². The molecule has 1 unspecified atom stereocenters. The van der Waals surface area contributed by atoms with Crippen LogP contribution in [-0.4, -0.2) is 25.0 Å². The normalized spacial score (nSPS) is 16.6. The number of amides is 2. The Morgan fingerprint density at radius 1 is 1.19 bits per heavy atom. The highest BCUT2D eigenvalue weighted by molar-refractivity contribution is 9.10. The second-order valence-electron chi connectivity index (χ2n) is 6.24. The summed E-state index contributed by atoms with van der Waals surface area (Å²) in [7, 11) is 0. The van der Waals surface area contributed by atoms with Crippen molar-refractivity contribution in [2.75, 3.05) is 23.4 Å². The Hall–Kier alpha value is -2.34. The maximum Gasteiger partial charge on any atom is 0.229 e. The summed E-state index contributed by atoms with van der Waals surface area (Å²) >= 11 is 3.37. The van der Waals surface area contributed by atoms with Gasteiger partial charge in [-0.15, -0.1) is 0 Å². The lowest BCUT2D eigenvalue weighted by Gasteiger charge is -2.17. The van der Waals surface area contributed by atoms with Crippen LogP contribution < -0.4 is 15.0 Å². The van der Waals surface area contributed by atoms with E-state index in [1.54, 1.807) is 4.90 Å². The molecule has 2 amide bonds. The van der Waals surface area contributed by atoms with Crippen LogP contribution in [0.4, 0.5) is 11.4 Å². The maximum absolute atomic E-state index is 12.5. The molecule has 136 valence electrons. The minimum Gasteiger partial charge on any atom is -0.494 e. The van der Waals surface area contributed by atoms with Gasteiger partial charge in [0, 0.05) is 28.8 Å². The summed E-state index contributed by atoms with van der Waals surface area (Å²) in [5, 5.41) is 2.88. The molecule has 1 atom stereocenters. The summed E-state index contributed by atoms with van der Waals surface area (Å²) in [6, 6.07) is 14.8. The summed E-state index contributed by atoms with van der Waals surface area (Å²) in [6.45, 7) is 3.10. The Bertz CT molecular complexity index is 775. The summed E-state index contributed by atoms with van der Waals surface area (Å²) in [5.74, 6) is 0.253. The number of anilines is 2.